The minimum Gasteiger partial charge on any atom is -0.502 e. The SMILES string of the molecule is O=C(NCc1ccc(F)cc1)c1cc(C(F)(F)F)[nH]c(=O)c1O. The highest BCUT2D eigenvalue weighted by atomic mass is 19.4. The number of benzene rings is 1. The molecular formula is C14H10F4N2O3. The second-order valence-electron chi connectivity index (χ2n) is 4.58. The number of carbonyl (C=O) groups excluding carboxylic acids is 1. The van der Waals surface area contributed by atoms with Gasteiger partial charge in [-0.15, -0.1) is 0 Å². The molecule has 0 atom stereocenters. The van der Waals surface area contributed by atoms with Crippen molar-refractivity contribution in [2.75, 3.05) is 0 Å². The van der Waals surface area contributed by atoms with Crippen LogP contribution in [0, 0.1) is 5.82 Å². The normalized spacial score (nSPS) is 11.3. The summed E-state index contributed by atoms with van der Waals surface area (Å²) in [6.45, 7) is -0.118. The van der Waals surface area contributed by atoms with Crippen LogP contribution in [0.1, 0.15) is 21.6 Å². The van der Waals surface area contributed by atoms with Crippen molar-refractivity contribution < 1.29 is 27.5 Å². The van der Waals surface area contributed by atoms with Gasteiger partial charge in [-0.1, -0.05) is 12.1 Å². The number of aromatic nitrogens is 1. The van der Waals surface area contributed by atoms with Crippen LogP contribution in [-0.4, -0.2) is 16.0 Å². The molecule has 0 spiro atoms. The summed E-state index contributed by atoms with van der Waals surface area (Å²) in [5.41, 5.74) is -3.19. The first-order valence-corrected chi connectivity index (χ1v) is 6.24. The number of carbonyl (C=O) groups is 1. The fraction of sp³-hybridized carbons (Fsp3) is 0.143. The third kappa shape index (κ3) is 3.87. The minimum absolute atomic E-state index is 0.118. The second kappa shape index (κ2) is 6.11. The van der Waals surface area contributed by atoms with Gasteiger partial charge in [0.1, 0.15) is 11.5 Å². The van der Waals surface area contributed by atoms with Gasteiger partial charge in [0.25, 0.3) is 11.5 Å². The molecule has 0 unspecified atom stereocenters. The van der Waals surface area contributed by atoms with Gasteiger partial charge in [-0.25, -0.2) is 4.39 Å². The van der Waals surface area contributed by atoms with Crippen LogP contribution >= 0.6 is 0 Å². The van der Waals surface area contributed by atoms with Crippen molar-refractivity contribution in [2.24, 2.45) is 0 Å². The van der Waals surface area contributed by atoms with Gasteiger partial charge in [0.2, 0.25) is 0 Å². The van der Waals surface area contributed by atoms with E-state index in [1.165, 1.54) is 17.1 Å². The Hall–Kier alpha value is -2.84. The summed E-state index contributed by atoms with van der Waals surface area (Å²) in [6.07, 6.45) is -4.88. The van der Waals surface area contributed by atoms with Crippen molar-refractivity contribution in [3.05, 3.63) is 63.3 Å². The Labute approximate surface area is 126 Å². The van der Waals surface area contributed by atoms with E-state index in [9.17, 15) is 32.3 Å². The molecule has 2 rings (SSSR count). The minimum atomic E-state index is -4.88. The highest BCUT2D eigenvalue weighted by Crippen LogP contribution is 2.28. The fourth-order valence-corrected chi connectivity index (χ4v) is 1.76. The average Bonchev–Trinajstić information content (AvgIpc) is 2.48. The number of hydrogen-bond donors (Lipinski definition) is 3. The molecular weight excluding hydrogens is 320 g/mol. The monoisotopic (exact) mass is 330 g/mol. The molecule has 9 heteroatoms. The van der Waals surface area contributed by atoms with Gasteiger partial charge < -0.3 is 15.4 Å². The predicted molar refractivity (Wildman–Crippen MR) is 71.3 cm³/mol. The van der Waals surface area contributed by atoms with Crippen LogP contribution < -0.4 is 10.9 Å². The summed E-state index contributed by atoms with van der Waals surface area (Å²) >= 11 is 0. The number of hydrogen-bond acceptors (Lipinski definition) is 3. The van der Waals surface area contributed by atoms with E-state index >= 15 is 0 Å². The lowest BCUT2D eigenvalue weighted by Gasteiger charge is -2.10. The molecule has 122 valence electrons. The maximum Gasteiger partial charge on any atom is 0.431 e. The third-order valence-corrected chi connectivity index (χ3v) is 2.92. The fourth-order valence-electron chi connectivity index (χ4n) is 1.76. The number of aromatic amines is 1. The van der Waals surface area contributed by atoms with Gasteiger partial charge in [-0.05, 0) is 23.8 Å². The molecule has 2 aromatic rings. The zero-order chi connectivity index (χ0) is 17.2. The molecule has 23 heavy (non-hydrogen) atoms. The first-order chi connectivity index (χ1) is 10.7. The Bertz CT molecular complexity index is 782. The zero-order valence-corrected chi connectivity index (χ0v) is 11.4. The number of pyridine rings is 1. The number of nitrogens with one attached hydrogen (secondary N) is 2. The molecule has 0 bridgehead atoms. The van der Waals surface area contributed by atoms with Crippen molar-refractivity contribution in [1.82, 2.24) is 10.3 Å². The highest BCUT2D eigenvalue weighted by Gasteiger charge is 2.34. The zero-order valence-electron chi connectivity index (χ0n) is 11.4. The topological polar surface area (TPSA) is 82.2 Å². The standard InChI is InChI=1S/C14H10F4N2O3/c15-8-3-1-7(2-4-8)6-19-12(22)9-5-10(14(16,17)18)20-13(23)11(9)21/h1-5,21H,6H2,(H,19,22)(H,20,23). The maximum atomic E-state index is 12.7. The van der Waals surface area contributed by atoms with Crippen molar-refractivity contribution in [3.63, 3.8) is 0 Å². The van der Waals surface area contributed by atoms with Crippen LogP contribution in [0.15, 0.2) is 35.1 Å². The molecule has 1 amide bonds. The van der Waals surface area contributed by atoms with E-state index in [-0.39, 0.29) is 6.54 Å². The molecule has 0 aliphatic rings. The van der Waals surface area contributed by atoms with E-state index < -0.39 is 40.5 Å². The van der Waals surface area contributed by atoms with Gasteiger partial charge in [0.05, 0.1) is 5.56 Å². The lowest BCUT2D eigenvalue weighted by molar-refractivity contribution is -0.141. The average molecular weight is 330 g/mol. The van der Waals surface area contributed by atoms with E-state index in [0.29, 0.717) is 11.6 Å². The highest BCUT2D eigenvalue weighted by molar-refractivity contribution is 5.96. The summed E-state index contributed by atoms with van der Waals surface area (Å²) in [7, 11) is 0. The number of amides is 1. The van der Waals surface area contributed by atoms with Gasteiger partial charge in [-0.2, -0.15) is 13.2 Å². The Morgan fingerprint density at radius 2 is 1.83 bits per heavy atom. The van der Waals surface area contributed by atoms with Crippen LogP contribution in [0.4, 0.5) is 17.6 Å². The molecule has 0 fully saturated rings. The summed E-state index contributed by atoms with van der Waals surface area (Å²) in [5, 5.41) is 11.7. The van der Waals surface area contributed by atoms with E-state index in [2.05, 4.69) is 5.32 Å². The van der Waals surface area contributed by atoms with Crippen LogP contribution in [0.3, 0.4) is 0 Å². The Balaban J connectivity index is 2.23. The molecule has 0 saturated carbocycles. The summed E-state index contributed by atoms with van der Waals surface area (Å²) in [6, 6.07) is 5.38. The number of rotatable bonds is 3. The lowest BCUT2D eigenvalue weighted by atomic mass is 10.1. The van der Waals surface area contributed by atoms with E-state index in [1.54, 1.807) is 0 Å². The molecule has 5 nitrogen and oxygen atoms in total. The summed E-state index contributed by atoms with van der Waals surface area (Å²) in [4.78, 5) is 24.6. The largest absolute Gasteiger partial charge is 0.502 e. The summed E-state index contributed by atoms with van der Waals surface area (Å²) in [5.74, 6) is -2.67. The molecule has 0 aliphatic heterocycles. The van der Waals surface area contributed by atoms with Crippen LogP contribution in [0.5, 0.6) is 5.75 Å². The molecule has 0 aliphatic carbocycles. The van der Waals surface area contributed by atoms with Gasteiger partial charge in [0.15, 0.2) is 5.75 Å². The number of aromatic hydroxyl groups is 1. The number of alkyl halides is 3. The van der Waals surface area contributed by atoms with Crippen molar-refractivity contribution in [3.8, 4) is 5.75 Å². The molecule has 1 aromatic heterocycles. The molecule has 1 heterocycles. The van der Waals surface area contributed by atoms with Gasteiger partial charge in [-0.3, -0.25) is 9.59 Å². The van der Waals surface area contributed by atoms with Crippen molar-refractivity contribution in [2.45, 2.75) is 12.7 Å². The Kier molecular flexibility index (Phi) is 4.39. The van der Waals surface area contributed by atoms with Crippen LogP contribution in [0.25, 0.3) is 0 Å². The first kappa shape index (κ1) is 16.5. The quantitative estimate of drug-likeness (QED) is 0.755. The first-order valence-electron chi connectivity index (χ1n) is 6.24. The number of halogens is 4. The van der Waals surface area contributed by atoms with Crippen LogP contribution in [0.2, 0.25) is 0 Å². The lowest BCUT2D eigenvalue weighted by Crippen LogP contribution is -2.26. The van der Waals surface area contributed by atoms with E-state index in [0.717, 1.165) is 12.1 Å². The smallest absolute Gasteiger partial charge is 0.431 e. The van der Waals surface area contributed by atoms with E-state index in [1.807, 2.05) is 0 Å². The number of H-pyrrole nitrogens is 1. The van der Waals surface area contributed by atoms with Gasteiger partial charge >= 0.3 is 6.18 Å². The molecule has 3 N–H and O–H groups in total. The van der Waals surface area contributed by atoms with Crippen LogP contribution in [-0.2, 0) is 12.7 Å². The Morgan fingerprint density at radius 1 is 1.22 bits per heavy atom. The second-order valence-corrected chi connectivity index (χ2v) is 4.58. The van der Waals surface area contributed by atoms with Gasteiger partial charge in [0, 0.05) is 6.54 Å². The maximum absolute atomic E-state index is 12.7. The molecule has 0 radical (unpaired) electrons. The predicted octanol–water partition coefficient (Wildman–Crippen LogP) is 2.17. The van der Waals surface area contributed by atoms with E-state index in [4.69, 9.17) is 0 Å². The molecule has 1 aromatic carbocycles. The van der Waals surface area contributed by atoms with Crippen molar-refractivity contribution >= 4 is 5.91 Å². The Morgan fingerprint density at radius 3 is 2.39 bits per heavy atom. The third-order valence-electron chi connectivity index (χ3n) is 2.92. The summed E-state index contributed by atoms with van der Waals surface area (Å²) < 4.78 is 50.6. The molecule has 0 saturated heterocycles. The van der Waals surface area contributed by atoms with Crippen molar-refractivity contribution in [1.29, 1.82) is 0 Å².